The van der Waals surface area contributed by atoms with E-state index in [4.69, 9.17) is 15.0 Å². The molecule has 0 amide bonds. The topological polar surface area (TPSA) is 76.7 Å². The van der Waals surface area contributed by atoms with Gasteiger partial charge in [0.1, 0.15) is 0 Å². The van der Waals surface area contributed by atoms with Crippen molar-refractivity contribution in [2.75, 3.05) is 31.1 Å². The Morgan fingerprint density at radius 3 is 2.33 bits per heavy atom. The average molecular weight is 375 g/mol. The van der Waals surface area contributed by atoms with Crippen LogP contribution < -0.4 is 16.1 Å². The predicted octanol–water partition coefficient (Wildman–Crippen LogP) is 1.02. The van der Waals surface area contributed by atoms with Crippen LogP contribution in [0.15, 0.2) is 12.4 Å². The minimum Gasteiger partial charge on any atom is -0.399 e. The summed E-state index contributed by atoms with van der Waals surface area (Å²) >= 11 is 0. The monoisotopic (exact) mass is 375 g/mol. The fraction of sp³-hybridized carbons (Fsp3) is 0.789. The van der Waals surface area contributed by atoms with Crippen LogP contribution in [0.2, 0.25) is 0 Å². The second-order valence-electron chi connectivity index (χ2n) is 8.94. The van der Waals surface area contributed by atoms with Crippen LogP contribution in [0, 0.1) is 0 Å². The summed E-state index contributed by atoms with van der Waals surface area (Å²) in [6.07, 6.45) is 4.79. The molecular formula is C19H34BN5O2. The first kappa shape index (κ1) is 20.5. The molecular weight excluding hydrogens is 341 g/mol. The summed E-state index contributed by atoms with van der Waals surface area (Å²) in [6, 6.07) is 0.745. The van der Waals surface area contributed by atoms with Gasteiger partial charge in [-0.1, -0.05) is 0 Å². The van der Waals surface area contributed by atoms with Crippen LogP contribution >= 0.6 is 0 Å². The first-order valence-electron chi connectivity index (χ1n) is 10.0. The minimum atomic E-state index is -0.428. The molecule has 0 aromatic carbocycles. The standard InChI is InChI=1S/C19H34BN5O2/c1-14(2)25(16-7-9-24(13-16)10-8-21)17-22-11-15(12-23-17)20-26-18(3,4)19(5,6)27-20/h11-12,14,16H,7-10,13,21H2,1-6H3/t16-/m0/s1. The molecule has 3 heterocycles. The van der Waals surface area contributed by atoms with Gasteiger partial charge in [-0.05, 0) is 48.0 Å². The Balaban J connectivity index is 1.73. The quantitative estimate of drug-likeness (QED) is 0.744. The Bertz CT molecular complexity index is 621. The number of nitrogens with two attached hydrogens (primary N) is 1. The summed E-state index contributed by atoms with van der Waals surface area (Å²) < 4.78 is 12.2. The maximum atomic E-state index is 6.10. The minimum absolute atomic E-state index is 0.329. The van der Waals surface area contributed by atoms with E-state index in [1.54, 1.807) is 0 Å². The third kappa shape index (κ3) is 4.13. The smallest absolute Gasteiger partial charge is 0.399 e. The lowest BCUT2D eigenvalue weighted by Crippen LogP contribution is -2.44. The number of likely N-dealkylation sites (tertiary alicyclic amines) is 1. The van der Waals surface area contributed by atoms with E-state index in [-0.39, 0.29) is 11.2 Å². The highest BCUT2D eigenvalue weighted by molar-refractivity contribution is 6.61. The van der Waals surface area contributed by atoms with Crippen LogP contribution in [-0.4, -0.2) is 71.5 Å². The number of anilines is 1. The van der Waals surface area contributed by atoms with E-state index in [1.165, 1.54) is 0 Å². The van der Waals surface area contributed by atoms with Crippen LogP contribution in [0.5, 0.6) is 0 Å². The third-order valence-corrected chi connectivity index (χ3v) is 6.06. The summed E-state index contributed by atoms with van der Waals surface area (Å²) in [5.74, 6) is 0.768. The van der Waals surface area contributed by atoms with Crippen molar-refractivity contribution in [3.63, 3.8) is 0 Å². The average Bonchev–Trinajstić information content (AvgIpc) is 3.10. The molecule has 0 aliphatic carbocycles. The van der Waals surface area contributed by atoms with Gasteiger partial charge in [-0.25, -0.2) is 9.97 Å². The third-order valence-electron chi connectivity index (χ3n) is 6.06. The second-order valence-corrected chi connectivity index (χ2v) is 8.94. The summed E-state index contributed by atoms with van der Waals surface area (Å²) in [5, 5.41) is 0. The highest BCUT2D eigenvalue weighted by Gasteiger charge is 2.52. The zero-order valence-electron chi connectivity index (χ0n) is 17.6. The first-order chi connectivity index (χ1) is 12.6. The van der Waals surface area contributed by atoms with Gasteiger partial charge < -0.3 is 19.9 Å². The summed E-state index contributed by atoms with van der Waals surface area (Å²) in [4.78, 5) is 14.1. The van der Waals surface area contributed by atoms with Gasteiger partial charge in [0.25, 0.3) is 0 Å². The molecule has 1 aromatic heterocycles. The molecule has 150 valence electrons. The molecule has 2 N–H and O–H groups in total. The van der Waals surface area contributed by atoms with E-state index in [9.17, 15) is 0 Å². The Morgan fingerprint density at radius 1 is 1.22 bits per heavy atom. The van der Waals surface area contributed by atoms with Gasteiger partial charge in [0.05, 0.1) is 11.2 Å². The fourth-order valence-corrected chi connectivity index (χ4v) is 3.81. The highest BCUT2D eigenvalue weighted by Crippen LogP contribution is 2.36. The largest absolute Gasteiger partial charge is 0.498 e. The van der Waals surface area contributed by atoms with Gasteiger partial charge in [-0.2, -0.15) is 0 Å². The van der Waals surface area contributed by atoms with Crippen molar-refractivity contribution in [1.82, 2.24) is 14.9 Å². The van der Waals surface area contributed by atoms with Gasteiger partial charge in [0.2, 0.25) is 5.95 Å². The molecule has 8 heteroatoms. The van der Waals surface area contributed by atoms with Crippen LogP contribution in [0.1, 0.15) is 48.0 Å². The van der Waals surface area contributed by atoms with Gasteiger partial charge in [-0.15, -0.1) is 0 Å². The van der Waals surface area contributed by atoms with Crippen molar-refractivity contribution < 1.29 is 9.31 Å². The number of aromatic nitrogens is 2. The molecule has 7 nitrogen and oxygen atoms in total. The summed E-state index contributed by atoms with van der Waals surface area (Å²) in [6.45, 7) is 16.3. The second kappa shape index (κ2) is 7.66. The van der Waals surface area contributed by atoms with E-state index >= 15 is 0 Å². The zero-order valence-corrected chi connectivity index (χ0v) is 17.6. The highest BCUT2D eigenvalue weighted by atomic mass is 16.7. The lowest BCUT2D eigenvalue weighted by Gasteiger charge is -2.33. The first-order valence-corrected chi connectivity index (χ1v) is 10.0. The Morgan fingerprint density at radius 2 is 1.81 bits per heavy atom. The van der Waals surface area contributed by atoms with E-state index in [1.807, 2.05) is 12.4 Å². The van der Waals surface area contributed by atoms with E-state index in [0.717, 1.165) is 37.5 Å². The van der Waals surface area contributed by atoms with Crippen LogP contribution in [-0.2, 0) is 9.31 Å². The molecule has 2 aliphatic heterocycles. The molecule has 0 spiro atoms. The molecule has 1 atom stereocenters. The van der Waals surface area contributed by atoms with Crippen molar-refractivity contribution in [3.8, 4) is 0 Å². The lowest BCUT2D eigenvalue weighted by molar-refractivity contribution is 0.00578. The van der Waals surface area contributed by atoms with Crippen LogP contribution in [0.3, 0.4) is 0 Å². The van der Waals surface area contributed by atoms with Crippen LogP contribution in [0.4, 0.5) is 5.95 Å². The summed E-state index contributed by atoms with van der Waals surface area (Å²) in [7, 11) is -0.428. The molecule has 0 unspecified atom stereocenters. The molecule has 27 heavy (non-hydrogen) atoms. The lowest BCUT2D eigenvalue weighted by atomic mass is 9.81. The maximum Gasteiger partial charge on any atom is 0.498 e. The van der Waals surface area contributed by atoms with Crippen molar-refractivity contribution in [3.05, 3.63) is 12.4 Å². The predicted molar refractivity (Wildman–Crippen MR) is 109 cm³/mol. The number of rotatable bonds is 6. The van der Waals surface area contributed by atoms with Gasteiger partial charge >= 0.3 is 7.12 Å². The number of hydrogen-bond donors (Lipinski definition) is 1. The van der Waals surface area contributed by atoms with Crippen molar-refractivity contribution in [2.45, 2.75) is 71.2 Å². The van der Waals surface area contributed by atoms with Crippen molar-refractivity contribution in [1.29, 1.82) is 0 Å². The molecule has 2 fully saturated rings. The van der Waals surface area contributed by atoms with Crippen LogP contribution in [0.25, 0.3) is 0 Å². The Labute approximate surface area is 163 Å². The molecule has 3 rings (SSSR count). The normalized spacial score (nSPS) is 24.7. The van der Waals surface area contributed by atoms with Gasteiger partial charge in [0, 0.05) is 56.1 Å². The fourth-order valence-electron chi connectivity index (χ4n) is 3.81. The van der Waals surface area contributed by atoms with Crippen molar-refractivity contribution >= 4 is 18.5 Å². The molecule has 2 saturated heterocycles. The molecule has 0 bridgehead atoms. The molecule has 2 aliphatic rings. The molecule has 0 saturated carbocycles. The SMILES string of the molecule is CC(C)N(c1ncc(B2OC(C)(C)C(C)(C)O2)cn1)[C@H]1CCN(CCN)C1. The Hall–Kier alpha value is -1.22. The molecule has 0 radical (unpaired) electrons. The number of nitrogens with zero attached hydrogens (tertiary/aromatic N) is 4. The zero-order chi connectivity index (χ0) is 19.8. The van der Waals surface area contributed by atoms with Crippen molar-refractivity contribution in [2.24, 2.45) is 5.73 Å². The molecule has 1 aromatic rings. The van der Waals surface area contributed by atoms with Gasteiger partial charge in [0.15, 0.2) is 0 Å². The summed E-state index contributed by atoms with van der Waals surface area (Å²) in [5.41, 5.74) is 5.84. The number of hydrogen-bond acceptors (Lipinski definition) is 7. The van der Waals surface area contributed by atoms with E-state index in [2.05, 4.69) is 61.3 Å². The van der Waals surface area contributed by atoms with E-state index < -0.39 is 7.12 Å². The van der Waals surface area contributed by atoms with Gasteiger partial charge in [-0.3, -0.25) is 4.90 Å². The van der Waals surface area contributed by atoms with E-state index in [0.29, 0.717) is 18.6 Å². The maximum absolute atomic E-state index is 6.10. The Kier molecular flexibility index (Phi) is 5.82.